The second kappa shape index (κ2) is 7.72. The molecule has 2 rings (SSSR count). The van der Waals surface area contributed by atoms with E-state index in [2.05, 4.69) is 17.2 Å². The quantitative estimate of drug-likeness (QED) is 0.904. The molecule has 6 heteroatoms. The van der Waals surface area contributed by atoms with Crippen molar-refractivity contribution in [3.05, 3.63) is 15.6 Å². The number of hydrogen-bond acceptors (Lipinski definition) is 4. The van der Waals surface area contributed by atoms with Crippen LogP contribution in [-0.4, -0.2) is 34.8 Å². The van der Waals surface area contributed by atoms with E-state index in [1.54, 1.807) is 23.2 Å². The van der Waals surface area contributed by atoms with E-state index in [0.29, 0.717) is 13.1 Å². The minimum Gasteiger partial charge on any atom is -0.351 e. The van der Waals surface area contributed by atoms with Crippen molar-refractivity contribution in [1.82, 2.24) is 15.2 Å². The summed E-state index contributed by atoms with van der Waals surface area (Å²) in [5.74, 6) is 0.0248. The molecule has 0 bridgehead atoms. The molecule has 2 heterocycles. The second-order valence-electron chi connectivity index (χ2n) is 5.89. The van der Waals surface area contributed by atoms with Crippen LogP contribution in [0.25, 0.3) is 0 Å². The highest BCUT2D eigenvalue weighted by Crippen LogP contribution is 2.20. The van der Waals surface area contributed by atoms with Crippen LogP contribution in [0.15, 0.2) is 0 Å². The Morgan fingerprint density at radius 3 is 2.91 bits per heavy atom. The Kier molecular flexibility index (Phi) is 5.94. The maximum Gasteiger partial charge on any atom is 0.225 e. The molecule has 0 spiro atoms. The molecule has 1 aromatic heterocycles. The third-order valence-electron chi connectivity index (χ3n) is 4.06. The number of nitrogens with one attached hydrogen (secondary N) is 1. The summed E-state index contributed by atoms with van der Waals surface area (Å²) in [5, 5.41) is 4.16. The first kappa shape index (κ1) is 16.9. The molecule has 1 aromatic rings. The molecule has 0 aromatic carbocycles. The number of thiazole rings is 1. The van der Waals surface area contributed by atoms with E-state index in [-0.39, 0.29) is 17.7 Å². The van der Waals surface area contributed by atoms with Crippen molar-refractivity contribution in [1.29, 1.82) is 0 Å². The number of carbonyl (C=O) groups is 2. The van der Waals surface area contributed by atoms with E-state index in [9.17, 15) is 9.59 Å². The van der Waals surface area contributed by atoms with Crippen LogP contribution >= 0.6 is 11.3 Å². The number of aromatic nitrogens is 1. The molecule has 0 aliphatic carbocycles. The van der Waals surface area contributed by atoms with Crippen LogP contribution in [0.4, 0.5) is 0 Å². The van der Waals surface area contributed by atoms with Gasteiger partial charge in [-0.1, -0.05) is 6.92 Å². The Morgan fingerprint density at radius 1 is 1.45 bits per heavy atom. The fourth-order valence-corrected chi connectivity index (χ4v) is 3.87. The van der Waals surface area contributed by atoms with Gasteiger partial charge in [0.25, 0.3) is 0 Å². The van der Waals surface area contributed by atoms with Crippen LogP contribution in [0.1, 0.15) is 48.7 Å². The van der Waals surface area contributed by atoms with Crippen LogP contribution < -0.4 is 5.32 Å². The third-order valence-corrected chi connectivity index (χ3v) is 5.28. The van der Waals surface area contributed by atoms with E-state index < -0.39 is 0 Å². The van der Waals surface area contributed by atoms with Crippen molar-refractivity contribution in [2.75, 3.05) is 13.1 Å². The van der Waals surface area contributed by atoms with E-state index in [0.717, 1.165) is 47.8 Å². The molecule has 1 fully saturated rings. The first-order valence-corrected chi connectivity index (χ1v) is 8.81. The average Bonchev–Trinajstić information content (AvgIpc) is 2.85. The Hall–Kier alpha value is -1.43. The van der Waals surface area contributed by atoms with Crippen molar-refractivity contribution in [3.8, 4) is 0 Å². The predicted octanol–water partition coefficient (Wildman–Crippen LogP) is 2.28. The molecule has 22 heavy (non-hydrogen) atoms. The number of carbonyl (C=O) groups excluding carboxylic acids is 2. The van der Waals surface area contributed by atoms with Crippen molar-refractivity contribution < 1.29 is 9.59 Å². The summed E-state index contributed by atoms with van der Waals surface area (Å²) in [6.07, 6.45) is 3.84. The van der Waals surface area contributed by atoms with Gasteiger partial charge >= 0.3 is 0 Å². The van der Waals surface area contributed by atoms with Gasteiger partial charge in [-0.25, -0.2) is 4.98 Å². The molecule has 5 nitrogen and oxygen atoms in total. The van der Waals surface area contributed by atoms with Gasteiger partial charge in [0.1, 0.15) is 0 Å². The van der Waals surface area contributed by atoms with E-state index in [1.807, 2.05) is 6.92 Å². The van der Waals surface area contributed by atoms with Gasteiger partial charge in [-0.05, 0) is 32.6 Å². The highest BCUT2D eigenvalue weighted by atomic mass is 32.1. The summed E-state index contributed by atoms with van der Waals surface area (Å²) in [6, 6.07) is 0. The Balaban J connectivity index is 1.88. The van der Waals surface area contributed by atoms with Crippen molar-refractivity contribution in [2.45, 2.75) is 53.0 Å². The predicted molar refractivity (Wildman–Crippen MR) is 87.7 cm³/mol. The number of nitrogens with zero attached hydrogens (tertiary/aromatic N) is 2. The monoisotopic (exact) mass is 323 g/mol. The maximum atomic E-state index is 12.3. The van der Waals surface area contributed by atoms with E-state index in [4.69, 9.17) is 0 Å². The van der Waals surface area contributed by atoms with Crippen LogP contribution in [0.3, 0.4) is 0 Å². The van der Waals surface area contributed by atoms with Crippen molar-refractivity contribution in [3.63, 3.8) is 0 Å². The molecule has 2 amide bonds. The maximum absolute atomic E-state index is 12.3. The molecule has 1 aliphatic rings. The number of hydrogen-bond donors (Lipinski definition) is 1. The summed E-state index contributed by atoms with van der Waals surface area (Å²) in [6.45, 7) is 7.56. The van der Waals surface area contributed by atoms with Crippen LogP contribution in [0.2, 0.25) is 0 Å². The fourth-order valence-electron chi connectivity index (χ4n) is 2.76. The highest BCUT2D eigenvalue weighted by molar-refractivity contribution is 7.11. The van der Waals surface area contributed by atoms with Gasteiger partial charge in [0, 0.05) is 24.9 Å². The molecule has 1 saturated heterocycles. The fraction of sp³-hybridized carbons (Fsp3) is 0.688. The van der Waals surface area contributed by atoms with Gasteiger partial charge in [-0.2, -0.15) is 0 Å². The van der Waals surface area contributed by atoms with Gasteiger partial charge in [0.15, 0.2) is 0 Å². The first-order valence-electron chi connectivity index (χ1n) is 7.99. The molecule has 1 N–H and O–H groups in total. The average molecular weight is 323 g/mol. The topological polar surface area (TPSA) is 62.3 Å². The summed E-state index contributed by atoms with van der Waals surface area (Å²) in [4.78, 5) is 31.2. The minimum absolute atomic E-state index is 0.0517. The Labute approximate surface area is 136 Å². The zero-order chi connectivity index (χ0) is 16.1. The van der Waals surface area contributed by atoms with Gasteiger partial charge in [0.2, 0.25) is 11.8 Å². The number of rotatable bonds is 5. The summed E-state index contributed by atoms with van der Waals surface area (Å²) < 4.78 is 0. The van der Waals surface area contributed by atoms with Crippen LogP contribution in [-0.2, 0) is 22.6 Å². The standard InChI is InChI=1S/C16H25N3O2S/c1-4-6-15-18-11(2)14(22-15)9-17-16(21)13-7-5-8-19(10-13)12(3)20/h13H,4-10H2,1-3H3,(H,17,21). The van der Waals surface area contributed by atoms with Gasteiger partial charge in [-0.3, -0.25) is 9.59 Å². The molecule has 1 atom stereocenters. The van der Waals surface area contributed by atoms with Gasteiger partial charge < -0.3 is 10.2 Å². The highest BCUT2D eigenvalue weighted by Gasteiger charge is 2.26. The smallest absolute Gasteiger partial charge is 0.225 e. The lowest BCUT2D eigenvalue weighted by Crippen LogP contribution is -2.44. The molecular formula is C16H25N3O2S. The van der Waals surface area contributed by atoms with Crippen molar-refractivity contribution >= 4 is 23.2 Å². The Bertz CT molecular complexity index is 541. The first-order chi connectivity index (χ1) is 10.5. The molecule has 0 saturated carbocycles. The second-order valence-corrected chi connectivity index (χ2v) is 7.06. The largest absolute Gasteiger partial charge is 0.351 e. The zero-order valence-corrected chi connectivity index (χ0v) is 14.5. The van der Waals surface area contributed by atoms with Crippen LogP contribution in [0, 0.1) is 12.8 Å². The zero-order valence-electron chi connectivity index (χ0n) is 13.6. The Morgan fingerprint density at radius 2 is 2.23 bits per heavy atom. The molecular weight excluding hydrogens is 298 g/mol. The molecule has 0 radical (unpaired) electrons. The summed E-state index contributed by atoms with van der Waals surface area (Å²) in [5.41, 5.74) is 1.02. The minimum atomic E-state index is -0.0824. The van der Waals surface area contributed by atoms with E-state index >= 15 is 0 Å². The van der Waals surface area contributed by atoms with E-state index in [1.165, 1.54) is 0 Å². The van der Waals surface area contributed by atoms with Crippen LogP contribution in [0.5, 0.6) is 0 Å². The molecule has 1 aliphatic heterocycles. The summed E-state index contributed by atoms with van der Waals surface area (Å²) >= 11 is 1.69. The molecule has 1 unspecified atom stereocenters. The van der Waals surface area contributed by atoms with Gasteiger partial charge in [-0.15, -0.1) is 11.3 Å². The number of amides is 2. The van der Waals surface area contributed by atoms with Crippen molar-refractivity contribution in [2.24, 2.45) is 5.92 Å². The lowest BCUT2D eigenvalue weighted by Gasteiger charge is -2.31. The number of piperidine rings is 1. The normalized spacial score (nSPS) is 18.3. The SMILES string of the molecule is CCCc1nc(C)c(CNC(=O)C2CCCN(C(C)=O)C2)s1. The lowest BCUT2D eigenvalue weighted by molar-refractivity contribution is -0.134. The summed E-state index contributed by atoms with van der Waals surface area (Å²) in [7, 11) is 0. The number of likely N-dealkylation sites (tertiary alicyclic amines) is 1. The number of aryl methyl sites for hydroxylation is 2. The lowest BCUT2D eigenvalue weighted by atomic mass is 9.97. The molecule has 122 valence electrons. The third kappa shape index (κ3) is 4.29. The van der Waals surface area contributed by atoms with Gasteiger partial charge in [0.05, 0.1) is 23.2 Å².